The van der Waals surface area contributed by atoms with Gasteiger partial charge in [-0.15, -0.1) is 0 Å². The Morgan fingerprint density at radius 1 is 0.773 bits per heavy atom. The van der Waals surface area contributed by atoms with Gasteiger partial charge in [0.1, 0.15) is 0 Å². The number of allylic oxidation sites excluding steroid dienone is 2. The van der Waals surface area contributed by atoms with Gasteiger partial charge in [-0.25, -0.2) is 0 Å². The van der Waals surface area contributed by atoms with Gasteiger partial charge in [0.05, 0.1) is 0 Å². The van der Waals surface area contributed by atoms with Crippen LogP contribution in [0.2, 0.25) is 0 Å². The molecule has 0 aliphatic rings. The normalized spacial score (nSPS) is 10.2. The van der Waals surface area contributed by atoms with Crippen molar-refractivity contribution < 1.29 is 44.0 Å². The van der Waals surface area contributed by atoms with E-state index < -0.39 is 5.97 Å². The van der Waals surface area contributed by atoms with Gasteiger partial charge in [-0.2, -0.15) is 0 Å². The minimum Gasteiger partial charge on any atom is -0.550 e. The first-order valence-corrected chi connectivity index (χ1v) is 8.62. The summed E-state index contributed by atoms with van der Waals surface area (Å²) in [7, 11) is 0. The van der Waals surface area contributed by atoms with E-state index in [2.05, 4.69) is 19.1 Å². The summed E-state index contributed by atoms with van der Waals surface area (Å²) in [6.45, 7) is 2.26. The van der Waals surface area contributed by atoms with Crippen molar-refractivity contribution in [1.82, 2.24) is 0 Å². The van der Waals surface area contributed by atoms with Gasteiger partial charge in [0.2, 0.25) is 0 Å². The summed E-state index contributed by atoms with van der Waals surface area (Å²) in [5, 5.41) is 10.2. The van der Waals surface area contributed by atoms with E-state index >= 15 is 0 Å². The van der Waals surface area contributed by atoms with Crippen LogP contribution in [-0.2, 0) is 38.9 Å². The quantitative estimate of drug-likeness (QED) is 0.226. The number of carboxylic acid groups (broad SMARTS) is 1. The molecule has 22 heavy (non-hydrogen) atoms. The molecule has 2 nitrogen and oxygen atoms in total. The van der Waals surface area contributed by atoms with Crippen LogP contribution in [0, 0.1) is 0 Å². The molecule has 0 aromatic heterocycles. The summed E-state index contributed by atoms with van der Waals surface area (Å²) in [5.74, 6) is -0.914. The second-order valence-corrected chi connectivity index (χ2v) is 5.71. The second-order valence-electron chi connectivity index (χ2n) is 5.71. The third kappa shape index (κ3) is 25.2. The maximum atomic E-state index is 10.2. The van der Waals surface area contributed by atoms with Crippen LogP contribution in [0.25, 0.3) is 0 Å². The predicted octanol–water partition coefficient (Wildman–Crippen LogP) is 4.77. The minimum atomic E-state index is -0.914. The molecule has 4 heteroatoms. The molecule has 0 saturated carbocycles. The largest absolute Gasteiger partial charge is 1.00 e. The van der Waals surface area contributed by atoms with E-state index in [0.717, 1.165) is 19.3 Å². The Balaban J connectivity index is -0.00000180. The molecule has 136 valence electrons. The molecular weight excluding hydrogens is 368 g/mol. The van der Waals surface area contributed by atoms with E-state index in [-0.39, 0.29) is 40.6 Å². The van der Waals surface area contributed by atoms with Gasteiger partial charge in [0, 0.05) is 23.0 Å². The summed E-state index contributed by atoms with van der Waals surface area (Å²) in [6.07, 6.45) is 20.9. The summed E-state index contributed by atoms with van der Waals surface area (Å²) in [5.41, 5.74) is 0. The van der Waals surface area contributed by atoms with Gasteiger partial charge < -0.3 is 9.90 Å². The topological polar surface area (TPSA) is 40.1 Å². The average molecular weight is 401 g/mol. The molecule has 0 atom stereocenters. The maximum absolute atomic E-state index is 10.2. The standard InChI is InChI=1S/C18H34O2.Cu.Fe/c1-2-3-4-5-6-7-8-9-10-11-12-13-14-15-16-17-18(19)20;;/h9-10H,2-8,11-17H2,1H3,(H,19,20);;/q;+1;/p-1/b10-9-;;. The Hall–Kier alpha value is 0.249. The first kappa shape index (κ1) is 27.1. The van der Waals surface area contributed by atoms with E-state index in [1.807, 2.05) is 0 Å². The molecule has 0 radical (unpaired) electrons. The zero-order valence-corrected chi connectivity index (χ0v) is 16.1. The minimum absolute atomic E-state index is 0. The molecular formula is C18H33CuFeO2. The van der Waals surface area contributed by atoms with Crippen molar-refractivity contribution >= 4 is 5.97 Å². The van der Waals surface area contributed by atoms with Gasteiger partial charge in [0.25, 0.3) is 0 Å². The molecule has 0 unspecified atom stereocenters. The molecule has 0 N–H and O–H groups in total. The third-order valence-electron chi connectivity index (χ3n) is 3.64. The fourth-order valence-electron chi connectivity index (χ4n) is 2.34. The number of aliphatic carboxylic acids is 1. The van der Waals surface area contributed by atoms with Crippen LogP contribution >= 0.6 is 0 Å². The number of carbonyl (C=O) groups is 1. The van der Waals surface area contributed by atoms with Gasteiger partial charge in [-0.05, 0) is 38.5 Å². The number of unbranched alkanes of at least 4 members (excludes halogenated alkanes) is 11. The number of hydrogen-bond donors (Lipinski definition) is 0. The van der Waals surface area contributed by atoms with E-state index in [0.29, 0.717) is 0 Å². The van der Waals surface area contributed by atoms with Crippen LogP contribution in [0.3, 0.4) is 0 Å². The first-order chi connectivity index (χ1) is 9.77. The fraction of sp³-hybridized carbons (Fsp3) is 0.833. The Morgan fingerprint density at radius 2 is 1.18 bits per heavy atom. The van der Waals surface area contributed by atoms with Crippen LogP contribution in [0.4, 0.5) is 0 Å². The van der Waals surface area contributed by atoms with Gasteiger partial charge in [-0.1, -0.05) is 70.4 Å². The van der Waals surface area contributed by atoms with Crippen molar-refractivity contribution in [3.63, 3.8) is 0 Å². The van der Waals surface area contributed by atoms with Crippen molar-refractivity contribution in [2.75, 3.05) is 0 Å². The predicted molar refractivity (Wildman–Crippen MR) is 84.5 cm³/mol. The third-order valence-corrected chi connectivity index (χ3v) is 3.64. The zero-order chi connectivity index (χ0) is 14.9. The van der Waals surface area contributed by atoms with E-state index in [1.54, 1.807) is 0 Å². The average Bonchev–Trinajstić information content (AvgIpc) is 2.43. The molecule has 0 aliphatic carbocycles. The molecule has 0 saturated heterocycles. The molecule has 0 aromatic carbocycles. The summed E-state index contributed by atoms with van der Waals surface area (Å²) >= 11 is 0. The van der Waals surface area contributed by atoms with E-state index in [4.69, 9.17) is 0 Å². The molecule has 0 amide bonds. The van der Waals surface area contributed by atoms with Gasteiger partial charge in [0.15, 0.2) is 0 Å². The number of carbonyl (C=O) groups excluding carboxylic acids is 1. The number of rotatable bonds is 15. The summed E-state index contributed by atoms with van der Waals surface area (Å²) < 4.78 is 0. The van der Waals surface area contributed by atoms with Crippen LogP contribution in [0.1, 0.15) is 96.8 Å². The number of hydrogen-bond acceptors (Lipinski definition) is 2. The van der Waals surface area contributed by atoms with Crippen molar-refractivity contribution in [2.45, 2.75) is 96.8 Å². The maximum Gasteiger partial charge on any atom is 1.00 e. The number of carboxylic acids is 1. The molecule has 0 fully saturated rings. The summed E-state index contributed by atoms with van der Waals surface area (Å²) in [4.78, 5) is 10.2. The van der Waals surface area contributed by atoms with E-state index in [9.17, 15) is 9.90 Å². The van der Waals surface area contributed by atoms with Gasteiger partial charge >= 0.3 is 17.1 Å². The van der Waals surface area contributed by atoms with Gasteiger partial charge in [-0.3, -0.25) is 0 Å². The second kappa shape index (κ2) is 23.5. The summed E-state index contributed by atoms with van der Waals surface area (Å²) in [6, 6.07) is 0. The molecule has 0 spiro atoms. The van der Waals surface area contributed by atoms with Crippen molar-refractivity contribution in [3.05, 3.63) is 12.2 Å². The molecule has 0 rings (SSSR count). The zero-order valence-electron chi connectivity index (χ0n) is 14.0. The monoisotopic (exact) mass is 400 g/mol. The first-order valence-electron chi connectivity index (χ1n) is 8.62. The van der Waals surface area contributed by atoms with Crippen LogP contribution < -0.4 is 5.11 Å². The fourth-order valence-corrected chi connectivity index (χ4v) is 2.34. The van der Waals surface area contributed by atoms with Crippen molar-refractivity contribution in [2.24, 2.45) is 0 Å². The Bertz CT molecular complexity index is 245. The van der Waals surface area contributed by atoms with Crippen LogP contribution in [0.5, 0.6) is 0 Å². The van der Waals surface area contributed by atoms with Crippen molar-refractivity contribution in [3.8, 4) is 0 Å². The molecule has 0 aromatic rings. The van der Waals surface area contributed by atoms with Crippen molar-refractivity contribution in [1.29, 1.82) is 0 Å². The Labute approximate surface area is 158 Å². The molecule has 0 heterocycles. The Kier molecular flexibility index (Phi) is 29.0. The van der Waals surface area contributed by atoms with E-state index in [1.165, 1.54) is 64.2 Å². The SMILES string of the molecule is CCCCCCCC/C=C\CCCCCCCC(=O)[O-].[Cu+].[Fe]. The Morgan fingerprint density at radius 3 is 1.64 bits per heavy atom. The molecule has 0 bridgehead atoms. The van der Waals surface area contributed by atoms with Crippen LogP contribution in [0.15, 0.2) is 12.2 Å². The molecule has 0 aliphatic heterocycles. The van der Waals surface area contributed by atoms with Crippen LogP contribution in [-0.4, -0.2) is 5.97 Å². The smallest absolute Gasteiger partial charge is 0.550 e.